The first kappa shape index (κ1) is 22.7. The predicted molar refractivity (Wildman–Crippen MR) is 109 cm³/mol. The number of alkyl halides is 1. The van der Waals surface area contributed by atoms with E-state index in [4.69, 9.17) is 24.5 Å². The molecule has 0 unspecified atom stereocenters. The smallest absolute Gasteiger partial charge is 0.303 e. The maximum atomic E-state index is 14.8. The van der Waals surface area contributed by atoms with E-state index in [9.17, 15) is 9.18 Å². The molecule has 8 nitrogen and oxygen atoms in total. The average molecular weight is 429 g/mol. The van der Waals surface area contributed by atoms with Crippen molar-refractivity contribution in [2.45, 2.75) is 50.8 Å². The number of ether oxygens (including phenoxy) is 4. The molecule has 1 heterocycles. The van der Waals surface area contributed by atoms with Crippen LogP contribution in [0.1, 0.15) is 18.1 Å². The zero-order chi connectivity index (χ0) is 22.1. The summed E-state index contributed by atoms with van der Waals surface area (Å²) in [7, 11) is 0. The van der Waals surface area contributed by atoms with Crippen molar-refractivity contribution >= 4 is 5.97 Å². The Morgan fingerprint density at radius 1 is 1.06 bits per heavy atom. The quantitative estimate of drug-likeness (QED) is 0.258. The van der Waals surface area contributed by atoms with Gasteiger partial charge in [0.15, 0.2) is 6.10 Å². The third-order valence-electron chi connectivity index (χ3n) is 4.77. The molecule has 0 radical (unpaired) electrons. The van der Waals surface area contributed by atoms with Gasteiger partial charge in [0.2, 0.25) is 6.36 Å². The molecule has 0 aliphatic carbocycles. The van der Waals surface area contributed by atoms with Gasteiger partial charge in [-0.3, -0.25) is 4.79 Å². The van der Waals surface area contributed by atoms with Crippen molar-refractivity contribution < 1.29 is 28.1 Å². The van der Waals surface area contributed by atoms with Gasteiger partial charge in [-0.15, -0.1) is 0 Å². The lowest BCUT2D eigenvalue weighted by atomic mass is 9.97. The minimum atomic E-state index is -1.94. The molecule has 2 aromatic rings. The normalized spacial score (nSPS) is 25.4. The zero-order valence-corrected chi connectivity index (χ0v) is 17.0. The van der Waals surface area contributed by atoms with Gasteiger partial charge < -0.3 is 18.9 Å². The first-order valence-corrected chi connectivity index (χ1v) is 9.86. The summed E-state index contributed by atoms with van der Waals surface area (Å²) in [5.74, 6) is -0.591. The van der Waals surface area contributed by atoms with Gasteiger partial charge in [0, 0.05) is 11.8 Å². The molecule has 0 aromatic heterocycles. The van der Waals surface area contributed by atoms with E-state index in [-0.39, 0.29) is 19.8 Å². The fourth-order valence-electron chi connectivity index (χ4n) is 3.35. The molecular formula is C22H24FN3O5. The van der Waals surface area contributed by atoms with Crippen LogP contribution in [-0.4, -0.2) is 43.3 Å². The third-order valence-corrected chi connectivity index (χ3v) is 4.77. The van der Waals surface area contributed by atoms with Gasteiger partial charge >= 0.3 is 5.97 Å². The van der Waals surface area contributed by atoms with Crippen LogP contribution in [0.25, 0.3) is 10.4 Å². The Balaban J connectivity index is 1.75. The van der Waals surface area contributed by atoms with Crippen molar-refractivity contribution in [1.29, 1.82) is 0 Å². The Morgan fingerprint density at radius 3 is 2.26 bits per heavy atom. The summed E-state index contributed by atoms with van der Waals surface area (Å²) in [5, 5.41) is 3.50. The van der Waals surface area contributed by atoms with Crippen molar-refractivity contribution in [3.8, 4) is 0 Å². The Labute approximate surface area is 179 Å². The zero-order valence-electron chi connectivity index (χ0n) is 17.0. The van der Waals surface area contributed by atoms with E-state index in [2.05, 4.69) is 10.0 Å². The average Bonchev–Trinajstić information content (AvgIpc) is 2.77. The van der Waals surface area contributed by atoms with Crippen molar-refractivity contribution in [2.24, 2.45) is 5.11 Å². The number of carbonyl (C=O) groups is 1. The Bertz CT molecular complexity index is 879. The minimum Gasteiger partial charge on any atom is -0.457 e. The first-order chi connectivity index (χ1) is 15.1. The number of hydrogen-bond donors (Lipinski definition) is 0. The maximum absolute atomic E-state index is 14.8. The Morgan fingerprint density at radius 2 is 1.68 bits per heavy atom. The molecule has 1 aliphatic rings. The van der Waals surface area contributed by atoms with Crippen molar-refractivity contribution in [1.82, 2.24) is 0 Å². The lowest BCUT2D eigenvalue weighted by Crippen LogP contribution is -2.59. The van der Waals surface area contributed by atoms with Crippen LogP contribution >= 0.6 is 0 Å². The largest absolute Gasteiger partial charge is 0.457 e. The van der Waals surface area contributed by atoms with Gasteiger partial charge in [0.25, 0.3) is 0 Å². The summed E-state index contributed by atoms with van der Waals surface area (Å²) >= 11 is 0. The molecule has 5 atom stereocenters. The number of azide groups is 1. The predicted octanol–water partition coefficient (Wildman–Crippen LogP) is 4.09. The Hall–Kier alpha value is -2.97. The van der Waals surface area contributed by atoms with Crippen molar-refractivity contribution in [3.63, 3.8) is 0 Å². The summed E-state index contributed by atoms with van der Waals surface area (Å²) < 4.78 is 37.1. The fourth-order valence-corrected chi connectivity index (χ4v) is 3.35. The summed E-state index contributed by atoms with van der Waals surface area (Å²) in [6.45, 7) is 1.59. The van der Waals surface area contributed by atoms with Crippen LogP contribution in [0.15, 0.2) is 65.8 Å². The highest BCUT2D eigenvalue weighted by atomic mass is 19.1. The van der Waals surface area contributed by atoms with Gasteiger partial charge in [-0.2, -0.15) is 0 Å². The molecular weight excluding hydrogens is 405 g/mol. The lowest BCUT2D eigenvalue weighted by Gasteiger charge is -2.41. The second-order valence-electron chi connectivity index (χ2n) is 7.06. The van der Waals surface area contributed by atoms with E-state index in [0.29, 0.717) is 0 Å². The molecule has 0 spiro atoms. The monoisotopic (exact) mass is 429 g/mol. The molecule has 1 fully saturated rings. The lowest BCUT2D eigenvalue weighted by molar-refractivity contribution is -0.247. The first-order valence-electron chi connectivity index (χ1n) is 9.86. The van der Waals surface area contributed by atoms with Crippen LogP contribution in [0, 0.1) is 0 Å². The standard InChI is InChI=1S/C22H24FN3O5/c1-15(27)30-20-18(14-28-12-16-8-4-2-5-9-16)31-22(23)19(25-26-24)21(20)29-13-17-10-6-3-7-11-17/h2-11,18-22H,12-14H2,1H3/t18-,19-,20+,21-,22-/m1/s1. The minimum absolute atomic E-state index is 0.0402. The van der Waals surface area contributed by atoms with E-state index < -0.39 is 36.7 Å². The molecule has 2 aromatic carbocycles. The molecule has 164 valence electrons. The van der Waals surface area contributed by atoms with Crippen LogP contribution in [0.2, 0.25) is 0 Å². The van der Waals surface area contributed by atoms with Crippen LogP contribution in [-0.2, 0) is 37.0 Å². The molecule has 9 heteroatoms. The van der Waals surface area contributed by atoms with E-state index in [1.54, 1.807) is 0 Å². The number of halogens is 1. The SMILES string of the molecule is CC(=O)O[C@@H]1[C@H](OCc2ccccc2)[C@@H](N=[N+]=[N-])[C@H](F)O[C@@H]1COCc1ccccc1. The highest BCUT2D eigenvalue weighted by Gasteiger charge is 2.48. The Kier molecular flexibility index (Phi) is 8.37. The molecule has 3 rings (SSSR count). The van der Waals surface area contributed by atoms with Gasteiger partial charge in [-0.05, 0) is 16.7 Å². The second kappa shape index (κ2) is 11.4. The van der Waals surface area contributed by atoms with Gasteiger partial charge in [-0.25, -0.2) is 4.39 Å². The molecule has 0 N–H and O–H groups in total. The summed E-state index contributed by atoms with van der Waals surface area (Å²) in [6, 6.07) is 17.4. The second-order valence-corrected chi connectivity index (χ2v) is 7.06. The molecule has 0 bridgehead atoms. The number of benzene rings is 2. The van der Waals surface area contributed by atoms with Gasteiger partial charge in [0.1, 0.15) is 18.2 Å². The number of rotatable bonds is 9. The van der Waals surface area contributed by atoms with Crippen LogP contribution < -0.4 is 0 Å². The fraction of sp³-hybridized carbons (Fsp3) is 0.409. The van der Waals surface area contributed by atoms with Gasteiger partial charge in [0.05, 0.1) is 19.8 Å². The van der Waals surface area contributed by atoms with Gasteiger partial charge in [-0.1, -0.05) is 65.8 Å². The van der Waals surface area contributed by atoms with E-state index >= 15 is 0 Å². The number of carbonyl (C=O) groups excluding carboxylic acids is 1. The summed E-state index contributed by atoms with van der Waals surface area (Å²) in [6.07, 6.45) is -4.93. The molecule has 0 amide bonds. The molecule has 31 heavy (non-hydrogen) atoms. The topological polar surface area (TPSA) is 103 Å². The highest BCUT2D eigenvalue weighted by molar-refractivity contribution is 5.66. The number of nitrogens with zero attached hydrogens (tertiary/aromatic N) is 3. The molecule has 0 saturated carbocycles. The van der Waals surface area contributed by atoms with E-state index in [1.165, 1.54) is 6.92 Å². The summed E-state index contributed by atoms with van der Waals surface area (Å²) in [5.41, 5.74) is 10.7. The third kappa shape index (κ3) is 6.50. The molecule has 1 aliphatic heterocycles. The summed E-state index contributed by atoms with van der Waals surface area (Å²) in [4.78, 5) is 14.5. The van der Waals surface area contributed by atoms with E-state index in [1.807, 2.05) is 60.7 Å². The molecule has 1 saturated heterocycles. The van der Waals surface area contributed by atoms with Crippen molar-refractivity contribution in [2.75, 3.05) is 6.61 Å². The number of hydrogen-bond acceptors (Lipinski definition) is 6. The van der Waals surface area contributed by atoms with Crippen LogP contribution in [0.3, 0.4) is 0 Å². The van der Waals surface area contributed by atoms with E-state index in [0.717, 1.165) is 11.1 Å². The maximum Gasteiger partial charge on any atom is 0.303 e. The van der Waals surface area contributed by atoms with Crippen molar-refractivity contribution in [3.05, 3.63) is 82.2 Å². The number of esters is 1. The van der Waals surface area contributed by atoms with Crippen LogP contribution in [0.4, 0.5) is 4.39 Å². The highest BCUT2D eigenvalue weighted by Crippen LogP contribution is 2.30. The van der Waals surface area contributed by atoms with Crippen LogP contribution in [0.5, 0.6) is 0 Å².